The van der Waals surface area contributed by atoms with E-state index in [1.165, 1.54) is 0 Å². The second-order valence-corrected chi connectivity index (χ2v) is 6.00. The van der Waals surface area contributed by atoms with Gasteiger partial charge in [0, 0.05) is 11.8 Å². The van der Waals surface area contributed by atoms with E-state index < -0.39 is 0 Å². The highest BCUT2D eigenvalue weighted by atomic mass is 16.5. The lowest BCUT2D eigenvalue weighted by atomic mass is 9.89. The van der Waals surface area contributed by atoms with Crippen LogP contribution < -0.4 is 0 Å². The van der Waals surface area contributed by atoms with Crippen LogP contribution in [0.3, 0.4) is 0 Å². The minimum absolute atomic E-state index is 0.120. The van der Waals surface area contributed by atoms with Gasteiger partial charge in [0.15, 0.2) is 0 Å². The summed E-state index contributed by atoms with van der Waals surface area (Å²) < 4.78 is 10.8. The van der Waals surface area contributed by atoms with Crippen molar-refractivity contribution in [3.63, 3.8) is 0 Å². The number of ether oxygens (including phenoxy) is 2. The molecule has 0 spiro atoms. The molecule has 0 rings (SSSR count). The van der Waals surface area contributed by atoms with Gasteiger partial charge in [0.2, 0.25) is 0 Å². The fourth-order valence-corrected chi connectivity index (χ4v) is 1.05. The SMILES string of the molecule is CC(C)(C)OCCOCCC(=O)C(C)(C)C. The predicted octanol–water partition coefficient (Wildman–Crippen LogP) is 2.82. The summed E-state index contributed by atoms with van der Waals surface area (Å²) in [4.78, 5) is 11.5. The molecule has 96 valence electrons. The van der Waals surface area contributed by atoms with E-state index in [1.807, 2.05) is 41.5 Å². The number of rotatable bonds is 6. The van der Waals surface area contributed by atoms with E-state index in [0.717, 1.165) is 0 Å². The molecule has 0 unspecified atom stereocenters. The molecule has 3 nitrogen and oxygen atoms in total. The lowest BCUT2D eigenvalue weighted by Gasteiger charge is -2.19. The van der Waals surface area contributed by atoms with Crippen molar-refractivity contribution in [1.29, 1.82) is 0 Å². The largest absolute Gasteiger partial charge is 0.379 e. The van der Waals surface area contributed by atoms with Crippen LogP contribution in [0.1, 0.15) is 48.0 Å². The van der Waals surface area contributed by atoms with Crippen molar-refractivity contribution in [2.24, 2.45) is 5.41 Å². The minimum Gasteiger partial charge on any atom is -0.379 e. The standard InChI is InChI=1S/C13H26O3/c1-12(2,3)11(14)7-8-15-9-10-16-13(4,5)6/h7-10H2,1-6H3. The summed E-state index contributed by atoms with van der Waals surface area (Å²) in [6.07, 6.45) is 0.485. The van der Waals surface area contributed by atoms with Crippen molar-refractivity contribution in [2.45, 2.75) is 53.6 Å². The maximum absolute atomic E-state index is 11.5. The molecule has 0 bridgehead atoms. The van der Waals surface area contributed by atoms with E-state index in [1.54, 1.807) is 0 Å². The summed E-state index contributed by atoms with van der Waals surface area (Å²) in [6, 6.07) is 0. The van der Waals surface area contributed by atoms with Crippen LogP contribution in [-0.2, 0) is 14.3 Å². The number of carbonyl (C=O) groups is 1. The Hall–Kier alpha value is -0.410. The van der Waals surface area contributed by atoms with Gasteiger partial charge in [0.1, 0.15) is 5.78 Å². The molecule has 0 heterocycles. The first-order valence-corrected chi connectivity index (χ1v) is 5.88. The average Bonchev–Trinajstić information content (AvgIpc) is 2.07. The van der Waals surface area contributed by atoms with Crippen LogP contribution in [0.25, 0.3) is 0 Å². The van der Waals surface area contributed by atoms with E-state index in [0.29, 0.717) is 26.2 Å². The van der Waals surface area contributed by atoms with Gasteiger partial charge >= 0.3 is 0 Å². The molecule has 3 heteroatoms. The molecule has 0 aliphatic carbocycles. The Labute approximate surface area is 99.5 Å². The zero-order valence-electron chi connectivity index (χ0n) is 11.6. The second-order valence-electron chi connectivity index (χ2n) is 6.00. The average molecular weight is 230 g/mol. The lowest BCUT2D eigenvalue weighted by Crippen LogP contribution is -2.23. The van der Waals surface area contributed by atoms with Crippen molar-refractivity contribution >= 4 is 5.78 Å². The molecule has 0 aliphatic rings. The van der Waals surface area contributed by atoms with Crippen LogP contribution in [0, 0.1) is 5.41 Å². The van der Waals surface area contributed by atoms with Crippen LogP contribution in [0.2, 0.25) is 0 Å². The number of hydrogen-bond donors (Lipinski definition) is 0. The van der Waals surface area contributed by atoms with Gasteiger partial charge in [0.25, 0.3) is 0 Å². The molecule has 0 N–H and O–H groups in total. The van der Waals surface area contributed by atoms with E-state index in [2.05, 4.69) is 0 Å². The quantitative estimate of drug-likeness (QED) is 0.658. The highest BCUT2D eigenvalue weighted by molar-refractivity contribution is 5.83. The molecule has 0 fully saturated rings. The molecule has 0 aromatic rings. The molecule has 0 amide bonds. The zero-order chi connectivity index (χ0) is 12.8. The van der Waals surface area contributed by atoms with Crippen molar-refractivity contribution < 1.29 is 14.3 Å². The molecular formula is C13H26O3. The van der Waals surface area contributed by atoms with Gasteiger partial charge in [-0.05, 0) is 20.8 Å². The van der Waals surface area contributed by atoms with Crippen molar-refractivity contribution in [3.8, 4) is 0 Å². The number of ketones is 1. The minimum atomic E-state index is -0.259. The third-order valence-electron chi connectivity index (χ3n) is 2.07. The summed E-state index contributed by atoms with van der Waals surface area (Å²) in [6.45, 7) is 13.4. The van der Waals surface area contributed by atoms with E-state index >= 15 is 0 Å². The maximum atomic E-state index is 11.5. The Morgan fingerprint density at radius 1 is 0.938 bits per heavy atom. The van der Waals surface area contributed by atoms with Crippen LogP contribution in [-0.4, -0.2) is 31.2 Å². The van der Waals surface area contributed by atoms with Gasteiger partial charge in [-0.2, -0.15) is 0 Å². The van der Waals surface area contributed by atoms with Crippen molar-refractivity contribution in [1.82, 2.24) is 0 Å². The summed E-state index contributed by atoms with van der Waals surface area (Å²) in [5, 5.41) is 0. The Morgan fingerprint density at radius 2 is 1.50 bits per heavy atom. The molecule has 16 heavy (non-hydrogen) atoms. The lowest BCUT2D eigenvalue weighted by molar-refractivity contribution is -0.127. The summed E-state index contributed by atoms with van der Waals surface area (Å²) >= 11 is 0. The number of hydrogen-bond acceptors (Lipinski definition) is 3. The van der Waals surface area contributed by atoms with Crippen LogP contribution >= 0.6 is 0 Å². The Balaban J connectivity index is 3.45. The highest BCUT2D eigenvalue weighted by Crippen LogP contribution is 2.16. The monoisotopic (exact) mass is 230 g/mol. The first-order chi connectivity index (χ1) is 7.13. The summed E-state index contributed by atoms with van der Waals surface area (Å²) in [5.74, 6) is 0.240. The van der Waals surface area contributed by atoms with Gasteiger partial charge in [-0.1, -0.05) is 20.8 Å². The number of Topliss-reactive ketones (excluding diaryl/α,β-unsaturated/α-hetero) is 1. The Kier molecular flexibility index (Phi) is 6.19. The summed E-state index contributed by atoms with van der Waals surface area (Å²) in [7, 11) is 0. The second kappa shape index (κ2) is 6.36. The third kappa shape index (κ3) is 8.86. The van der Waals surface area contributed by atoms with E-state index in [-0.39, 0.29) is 16.8 Å². The molecule has 0 saturated carbocycles. The normalized spacial score (nSPS) is 12.9. The van der Waals surface area contributed by atoms with E-state index in [4.69, 9.17) is 9.47 Å². The van der Waals surface area contributed by atoms with Crippen LogP contribution in [0.5, 0.6) is 0 Å². The number of carbonyl (C=O) groups excluding carboxylic acids is 1. The van der Waals surface area contributed by atoms with Gasteiger partial charge in [-0.15, -0.1) is 0 Å². The smallest absolute Gasteiger partial charge is 0.140 e. The zero-order valence-corrected chi connectivity index (χ0v) is 11.6. The fraction of sp³-hybridized carbons (Fsp3) is 0.923. The van der Waals surface area contributed by atoms with Crippen LogP contribution in [0.15, 0.2) is 0 Å². The van der Waals surface area contributed by atoms with Gasteiger partial charge in [-0.3, -0.25) is 4.79 Å². The van der Waals surface area contributed by atoms with Gasteiger partial charge in [0.05, 0.1) is 25.4 Å². The van der Waals surface area contributed by atoms with Crippen LogP contribution in [0.4, 0.5) is 0 Å². The van der Waals surface area contributed by atoms with Crippen molar-refractivity contribution in [2.75, 3.05) is 19.8 Å². The Morgan fingerprint density at radius 3 is 1.94 bits per heavy atom. The fourth-order valence-electron chi connectivity index (χ4n) is 1.05. The molecule has 0 aromatic carbocycles. The summed E-state index contributed by atoms with van der Waals surface area (Å²) in [5.41, 5.74) is -0.379. The molecule has 0 aromatic heterocycles. The first-order valence-electron chi connectivity index (χ1n) is 5.88. The highest BCUT2D eigenvalue weighted by Gasteiger charge is 2.20. The van der Waals surface area contributed by atoms with E-state index in [9.17, 15) is 4.79 Å². The van der Waals surface area contributed by atoms with Gasteiger partial charge < -0.3 is 9.47 Å². The molecule has 0 aliphatic heterocycles. The molecule has 0 atom stereocenters. The maximum Gasteiger partial charge on any atom is 0.140 e. The van der Waals surface area contributed by atoms with Crippen molar-refractivity contribution in [3.05, 3.63) is 0 Å². The first kappa shape index (κ1) is 15.6. The van der Waals surface area contributed by atoms with Gasteiger partial charge in [-0.25, -0.2) is 0 Å². The third-order valence-corrected chi connectivity index (χ3v) is 2.07. The topological polar surface area (TPSA) is 35.5 Å². The molecule has 0 radical (unpaired) electrons. The Bertz CT molecular complexity index is 208. The molecule has 0 saturated heterocycles. The predicted molar refractivity (Wildman–Crippen MR) is 65.6 cm³/mol. The molecular weight excluding hydrogens is 204 g/mol.